The van der Waals surface area contributed by atoms with E-state index in [0.717, 1.165) is 11.0 Å². The van der Waals surface area contributed by atoms with E-state index in [0.29, 0.717) is 12.1 Å². The third-order valence-corrected chi connectivity index (χ3v) is 2.96. The van der Waals surface area contributed by atoms with Crippen LogP contribution in [0.15, 0.2) is 18.2 Å². The molecule has 6 nitrogen and oxygen atoms in total. The number of nitrogen functional groups attached to an aromatic ring is 1. The summed E-state index contributed by atoms with van der Waals surface area (Å²) < 4.78 is 13.0. The summed E-state index contributed by atoms with van der Waals surface area (Å²) in [5, 5.41) is 2.47. The first-order chi connectivity index (χ1) is 9.47. The molecule has 1 aromatic rings. The highest BCUT2D eigenvalue weighted by atomic mass is 19.1. The van der Waals surface area contributed by atoms with E-state index < -0.39 is 11.7 Å². The number of benzene rings is 1. The molecule has 3 amide bonds. The van der Waals surface area contributed by atoms with Gasteiger partial charge in [0.25, 0.3) is 0 Å². The van der Waals surface area contributed by atoms with Crippen LogP contribution in [0.4, 0.5) is 15.8 Å². The Bertz CT molecular complexity index is 558. The van der Waals surface area contributed by atoms with Gasteiger partial charge in [-0.15, -0.1) is 0 Å². The molecule has 0 unspecified atom stereocenters. The molecule has 20 heavy (non-hydrogen) atoms. The van der Waals surface area contributed by atoms with Crippen molar-refractivity contribution in [2.24, 2.45) is 0 Å². The quantitative estimate of drug-likeness (QED) is 0.634. The molecule has 1 saturated heterocycles. The molecule has 1 fully saturated rings. The third-order valence-electron chi connectivity index (χ3n) is 2.96. The molecule has 3 N–H and O–H groups in total. The molecule has 1 heterocycles. The van der Waals surface area contributed by atoms with Gasteiger partial charge in [-0.25, -0.2) is 4.39 Å². The molecular formula is C13H14FN3O3. The lowest BCUT2D eigenvalue weighted by Crippen LogP contribution is -2.44. The lowest BCUT2D eigenvalue weighted by Gasteiger charge is -2.24. The van der Waals surface area contributed by atoms with Crippen molar-refractivity contribution in [2.75, 3.05) is 17.6 Å². The van der Waals surface area contributed by atoms with E-state index in [1.165, 1.54) is 12.1 Å². The number of anilines is 2. The number of rotatable bonds is 3. The maximum atomic E-state index is 13.0. The summed E-state index contributed by atoms with van der Waals surface area (Å²) in [6.45, 7) is -0.338. The Morgan fingerprint density at radius 2 is 1.95 bits per heavy atom. The molecule has 106 valence electrons. The molecule has 0 aromatic heterocycles. The fourth-order valence-corrected chi connectivity index (χ4v) is 1.94. The van der Waals surface area contributed by atoms with Gasteiger partial charge in [-0.1, -0.05) is 0 Å². The number of piperidine rings is 1. The van der Waals surface area contributed by atoms with E-state index in [1.807, 2.05) is 0 Å². The predicted octanol–water partition coefficient (Wildman–Crippen LogP) is 0.885. The average Bonchev–Trinajstić information content (AvgIpc) is 2.38. The first kappa shape index (κ1) is 14.0. The average molecular weight is 279 g/mol. The summed E-state index contributed by atoms with van der Waals surface area (Å²) in [5.74, 6) is -1.81. The number of carbonyl (C=O) groups excluding carboxylic acids is 3. The Morgan fingerprint density at radius 3 is 2.55 bits per heavy atom. The molecule has 0 spiro atoms. The van der Waals surface area contributed by atoms with E-state index >= 15 is 0 Å². The van der Waals surface area contributed by atoms with Gasteiger partial charge in [0.05, 0.1) is 5.69 Å². The Balaban J connectivity index is 1.99. The van der Waals surface area contributed by atoms with Crippen LogP contribution in [0.25, 0.3) is 0 Å². The monoisotopic (exact) mass is 279 g/mol. The molecule has 0 atom stereocenters. The van der Waals surface area contributed by atoms with Gasteiger partial charge in [0.2, 0.25) is 17.7 Å². The largest absolute Gasteiger partial charge is 0.396 e. The minimum atomic E-state index is -0.579. The lowest BCUT2D eigenvalue weighted by molar-refractivity contribution is -0.150. The standard InChI is InChI=1S/C13H14FN3O3/c14-9-5-4-8(6-10(9)15)16-11(18)7-17-12(19)2-1-3-13(17)20/h4-6H,1-3,7,15H2,(H,16,18). The minimum Gasteiger partial charge on any atom is -0.396 e. The van der Waals surface area contributed by atoms with Crippen molar-refractivity contribution in [3.8, 4) is 0 Å². The molecule has 0 saturated carbocycles. The summed E-state index contributed by atoms with van der Waals surface area (Å²) in [6.07, 6.45) is 1.05. The number of nitrogens with one attached hydrogen (secondary N) is 1. The maximum Gasteiger partial charge on any atom is 0.244 e. The highest BCUT2D eigenvalue weighted by Gasteiger charge is 2.27. The van der Waals surface area contributed by atoms with Crippen molar-refractivity contribution in [3.63, 3.8) is 0 Å². The van der Waals surface area contributed by atoms with Crippen LogP contribution >= 0.6 is 0 Å². The summed E-state index contributed by atoms with van der Waals surface area (Å²) in [5.41, 5.74) is 5.60. The molecule has 0 aliphatic carbocycles. The Morgan fingerprint density at radius 1 is 1.30 bits per heavy atom. The van der Waals surface area contributed by atoms with Crippen molar-refractivity contribution < 1.29 is 18.8 Å². The fraction of sp³-hybridized carbons (Fsp3) is 0.308. The highest BCUT2D eigenvalue weighted by Crippen LogP contribution is 2.17. The number of hydrogen-bond acceptors (Lipinski definition) is 4. The zero-order valence-electron chi connectivity index (χ0n) is 10.7. The predicted molar refractivity (Wildman–Crippen MR) is 70.0 cm³/mol. The summed E-state index contributed by atoms with van der Waals surface area (Å²) in [7, 11) is 0. The molecule has 0 radical (unpaired) electrons. The van der Waals surface area contributed by atoms with Crippen LogP contribution in [0.1, 0.15) is 19.3 Å². The number of nitrogens with two attached hydrogens (primary N) is 1. The Kier molecular flexibility index (Phi) is 3.97. The van der Waals surface area contributed by atoms with Crippen molar-refractivity contribution in [2.45, 2.75) is 19.3 Å². The topological polar surface area (TPSA) is 92.5 Å². The van der Waals surface area contributed by atoms with Crippen LogP contribution < -0.4 is 11.1 Å². The second-order valence-electron chi connectivity index (χ2n) is 4.51. The SMILES string of the molecule is Nc1cc(NC(=O)CN2C(=O)CCCC2=O)ccc1F. The van der Waals surface area contributed by atoms with E-state index in [1.54, 1.807) is 0 Å². The van der Waals surface area contributed by atoms with Crippen LogP contribution in [0.2, 0.25) is 0 Å². The maximum absolute atomic E-state index is 13.0. The van der Waals surface area contributed by atoms with E-state index in [9.17, 15) is 18.8 Å². The summed E-state index contributed by atoms with van der Waals surface area (Å²) in [4.78, 5) is 35.8. The van der Waals surface area contributed by atoms with Crippen LogP contribution in [0.3, 0.4) is 0 Å². The number of halogens is 1. The van der Waals surface area contributed by atoms with Crippen molar-refractivity contribution in [3.05, 3.63) is 24.0 Å². The molecule has 2 rings (SSSR count). The van der Waals surface area contributed by atoms with E-state index in [-0.39, 0.29) is 36.9 Å². The first-order valence-electron chi connectivity index (χ1n) is 6.15. The molecular weight excluding hydrogens is 265 g/mol. The minimum absolute atomic E-state index is 0.0899. The molecule has 1 aliphatic heterocycles. The van der Waals surface area contributed by atoms with Gasteiger partial charge >= 0.3 is 0 Å². The van der Waals surface area contributed by atoms with Crippen molar-refractivity contribution in [1.82, 2.24) is 4.90 Å². The Hall–Kier alpha value is -2.44. The Labute approximate surface area is 114 Å². The number of nitrogens with zero attached hydrogens (tertiary/aromatic N) is 1. The van der Waals surface area contributed by atoms with E-state index in [4.69, 9.17) is 5.73 Å². The van der Waals surface area contributed by atoms with Gasteiger partial charge in [0.1, 0.15) is 12.4 Å². The van der Waals surface area contributed by atoms with Crippen LogP contribution in [0, 0.1) is 5.82 Å². The third kappa shape index (κ3) is 3.11. The fourth-order valence-electron chi connectivity index (χ4n) is 1.94. The van der Waals surface area contributed by atoms with E-state index in [2.05, 4.69) is 5.32 Å². The number of amides is 3. The summed E-state index contributed by atoms with van der Waals surface area (Å²) in [6, 6.07) is 3.75. The smallest absolute Gasteiger partial charge is 0.244 e. The second kappa shape index (κ2) is 5.68. The van der Waals surface area contributed by atoms with Gasteiger partial charge in [0, 0.05) is 18.5 Å². The number of imide groups is 1. The molecule has 7 heteroatoms. The lowest BCUT2D eigenvalue weighted by atomic mass is 10.1. The molecule has 0 bridgehead atoms. The first-order valence-corrected chi connectivity index (χ1v) is 6.15. The molecule has 1 aliphatic rings. The van der Waals surface area contributed by atoms with Gasteiger partial charge in [-0.3, -0.25) is 19.3 Å². The van der Waals surface area contributed by atoms with Crippen molar-refractivity contribution in [1.29, 1.82) is 0 Å². The second-order valence-corrected chi connectivity index (χ2v) is 4.51. The zero-order valence-corrected chi connectivity index (χ0v) is 10.7. The number of hydrogen-bond donors (Lipinski definition) is 2. The number of carbonyl (C=O) groups is 3. The zero-order chi connectivity index (χ0) is 14.7. The van der Waals surface area contributed by atoms with Gasteiger partial charge in [-0.05, 0) is 24.6 Å². The van der Waals surface area contributed by atoms with Gasteiger partial charge in [-0.2, -0.15) is 0 Å². The number of likely N-dealkylation sites (tertiary alicyclic amines) is 1. The summed E-state index contributed by atoms with van der Waals surface area (Å²) >= 11 is 0. The normalized spacial score (nSPS) is 15.3. The van der Waals surface area contributed by atoms with Crippen LogP contribution in [-0.2, 0) is 14.4 Å². The van der Waals surface area contributed by atoms with Crippen molar-refractivity contribution >= 4 is 29.1 Å². The van der Waals surface area contributed by atoms with Crippen LogP contribution in [0.5, 0.6) is 0 Å². The molecule has 1 aromatic carbocycles. The van der Waals surface area contributed by atoms with Crippen LogP contribution in [-0.4, -0.2) is 29.2 Å². The highest BCUT2D eigenvalue weighted by molar-refractivity contribution is 6.03. The van der Waals surface area contributed by atoms with Gasteiger partial charge < -0.3 is 11.1 Å². The van der Waals surface area contributed by atoms with Gasteiger partial charge in [0.15, 0.2) is 0 Å².